The predicted octanol–water partition coefficient (Wildman–Crippen LogP) is 6.87. The van der Waals surface area contributed by atoms with E-state index in [1.165, 1.54) is 23.1 Å². The molecular formula is C30H34Cl3N3O4S. The first-order valence-electron chi connectivity index (χ1n) is 13.3. The molecule has 0 bridgehead atoms. The fraction of sp³-hybridized carbons (Fsp3) is 0.333. The molecular weight excluding hydrogens is 605 g/mol. The van der Waals surface area contributed by atoms with Gasteiger partial charge >= 0.3 is 0 Å². The van der Waals surface area contributed by atoms with Gasteiger partial charge in [0.15, 0.2) is 0 Å². The molecule has 3 rings (SSSR count). The van der Waals surface area contributed by atoms with Crippen molar-refractivity contribution in [2.24, 2.45) is 0 Å². The zero-order chi connectivity index (χ0) is 30.3. The quantitative estimate of drug-likeness (QED) is 0.235. The number of halogens is 3. The third kappa shape index (κ3) is 8.38. The van der Waals surface area contributed by atoms with Crippen LogP contribution >= 0.6 is 34.8 Å². The van der Waals surface area contributed by atoms with Crippen molar-refractivity contribution < 1.29 is 18.0 Å². The second-order valence-electron chi connectivity index (χ2n) is 9.80. The van der Waals surface area contributed by atoms with Crippen LogP contribution in [0.2, 0.25) is 15.1 Å². The van der Waals surface area contributed by atoms with Gasteiger partial charge in [0.05, 0.1) is 10.6 Å². The summed E-state index contributed by atoms with van der Waals surface area (Å²) in [6.07, 6.45) is 0.998. The molecule has 0 unspecified atom stereocenters. The molecule has 3 aromatic carbocycles. The molecule has 0 aliphatic rings. The Bertz CT molecular complexity index is 1480. The van der Waals surface area contributed by atoms with E-state index < -0.39 is 28.5 Å². The number of nitrogens with zero attached hydrogens (tertiary/aromatic N) is 2. The molecule has 41 heavy (non-hydrogen) atoms. The molecule has 0 spiro atoms. The predicted molar refractivity (Wildman–Crippen MR) is 166 cm³/mol. The average molecular weight is 639 g/mol. The van der Waals surface area contributed by atoms with Crippen LogP contribution in [0.1, 0.15) is 44.7 Å². The van der Waals surface area contributed by atoms with E-state index in [-0.39, 0.29) is 29.1 Å². The molecule has 0 radical (unpaired) electrons. The van der Waals surface area contributed by atoms with E-state index in [1.54, 1.807) is 55.5 Å². The van der Waals surface area contributed by atoms with Gasteiger partial charge in [-0.1, -0.05) is 78.5 Å². The molecule has 2 amide bonds. The second-order valence-corrected chi connectivity index (χ2v) is 12.9. The Hall–Kier alpha value is -2.78. The monoisotopic (exact) mass is 637 g/mol. The summed E-state index contributed by atoms with van der Waals surface area (Å²) in [6, 6.07) is 16.5. The molecule has 0 fully saturated rings. The van der Waals surface area contributed by atoms with Crippen LogP contribution in [0.4, 0.5) is 5.69 Å². The zero-order valence-electron chi connectivity index (χ0n) is 23.4. The van der Waals surface area contributed by atoms with E-state index in [2.05, 4.69) is 5.32 Å². The van der Waals surface area contributed by atoms with E-state index in [0.29, 0.717) is 33.5 Å². The third-order valence-corrected chi connectivity index (χ3v) is 9.34. The number of carbonyl (C=O) groups is 2. The van der Waals surface area contributed by atoms with Crippen molar-refractivity contribution in [1.82, 2.24) is 10.2 Å². The maximum absolute atomic E-state index is 14.1. The molecule has 0 aromatic heterocycles. The molecule has 1 N–H and O–H groups in total. The molecule has 2 atom stereocenters. The number of rotatable bonds is 12. The van der Waals surface area contributed by atoms with Crippen LogP contribution in [0.5, 0.6) is 0 Å². The van der Waals surface area contributed by atoms with E-state index >= 15 is 0 Å². The van der Waals surface area contributed by atoms with Crippen LogP contribution < -0.4 is 9.62 Å². The smallest absolute Gasteiger partial charge is 0.264 e. The van der Waals surface area contributed by atoms with Crippen LogP contribution in [0.3, 0.4) is 0 Å². The van der Waals surface area contributed by atoms with Crippen LogP contribution in [0, 0.1) is 6.92 Å². The summed E-state index contributed by atoms with van der Waals surface area (Å²) in [5.74, 6) is -0.922. The number of anilines is 1. The van der Waals surface area contributed by atoms with Crippen molar-refractivity contribution in [3.8, 4) is 0 Å². The molecule has 0 aliphatic carbocycles. The third-order valence-electron chi connectivity index (χ3n) is 6.73. The van der Waals surface area contributed by atoms with Crippen LogP contribution in [0.25, 0.3) is 0 Å². The molecule has 11 heteroatoms. The van der Waals surface area contributed by atoms with Crippen molar-refractivity contribution in [3.05, 3.63) is 92.9 Å². The van der Waals surface area contributed by atoms with E-state index in [9.17, 15) is 18.0 Å². The highest BCUT2D eigenvalue weighted by molar-refractivity contribution is 7.92. The molecule has 0 saturated heterocycles. The summed E-state index contributed by atoms with van der Waals surface area (Å²) in [5, 5.41) is 4.00. The number of benzene rings is 3. The summed E-state index contributed by atoms with van der Waals surface area (Å²) >= 11 is 18.8. The largest absolute Gasteiger partial charge is 0.352 e. The zero-order valence-corrected chi connectivity index (χ0v) is 26.5. The van der Waals surface area contributed by atoms with Gasteiger partial charge in [-0.25, -0.2) is 8.42 Å². The van der Waals surface area contributed by atoms with E-state index in [1.807, 2.05) is 20.8 Å². The van der Waals surface area contributed by atoms with Crippen molar-refractivity contribution in [1.29, 1.82) is 0 Å². The van der Waals surface area contributed by atoms with Crippen molar-refractivity contribution in [2.75, 3.05) is 10.8 Å². The molecule has 3 aromatic rings. The molecule has 0 aliphatic heterocycles. The van der Waals surface area contributed by atoms with Crippen molar-refractivity contribution in [2.45, 2.75) is 64.1 Å². The SMILES string of the molecule is CC[C@H](C(=O)N[C@@H](C)CC)N(Cc1ccc(Cl)cc1Cl)C(=O)CN(c1cccc(Cl)c1)S(=O)(=O)c1ccc(C)cc1. The summed E-state index contributed by atoms with van der Waals surface area (Å²) in [6.45, 7) is 6.86. The Morgan fingerprint density at radius 1 is 0.902 bits per heavy atom. The number of sulfonamides is 1. The maximum Gasteiger partial charge on any atom is 0.264 e. The second kappa shape index (κ2) is 14.4. The molecule has 0 heterocycles. The Labute approximate surface area is 257 Å². The number of hydrogen-bond donors (Lipinski definition) is 1. The first-order valence-corrected chi connectivity index (χ1v) is 15.8. The highest BCUT2D eigenvalue weighted by atomic mass is 35.5. The van der Waals surface area contributed by atoms with Gasteiger partial charge in [0.25, 0.3) is 10.0 Å². The van der Waals surface area contributed by atoms with Gasteiger partial charge < -0.3 is 10.2 Å². The van der Waals surface area contributed by atoms with Gasteiger partial charge in [-0.15, -0.1) is 0 Å². The lowest BCUT2D eigenvalue weighted by molar-refractivity contribution is -0.140. The van der Waals surface area contributed by atoms with Crippen LogP contribution in [0.15, 0.2) is 71.6 Å². The standard InChI is InChI=1S/C30H34Cl3N3O4S/c1-5-21(4)34-30(38)28(6-2)35(18-22-12-13-24(32)17-27(22)33)29(37)19-36(25-9-7-8-23(31)16-25)41(39,40)26-14-10-20(3)11-15-26/h7-17,21,28H,5-6,18-19H2,1-4H3,(H,34,38)/t21-,28+/m0/s1. The van der Waals surface area contributed by atoms with Gasteiger partial charge in [-0.2, -0.15) is 0 Å². The normalized spacial score (nSPS) is 12.9. The van der Waals surface area contributed by atoms with Crippen molar-refractivity contribution >= 4 is 62.3 Å². The van der Waals surface area contributed by atoms with E-state index in [0.717, 1.165) is 9.87 Å². The van der Waals surface area contributed by atoms with Crippen LogP contribution in [-0.2, 0) is 26.2 Å². The molecule has 7 nitrogen and oxygen atoms in total. The van der Waals surface area contributed by atoms with Crippen LogP contribution in [-0.4, -0.2) is 43.8 Å². The summed E-state index contributed by atoms with van der Waals surface area (Å²) < 4.78 is 28.9. The number of carbonyl (C=O) groups excluding carboxylic acids is 2. The minimum absolute atomic E-state index is 0.0183. The number of aryl methyl sites for hydroxylation is 1. The van der Waals surface area contributed by atoms with Gasteiger partial charge in [-0.05, 0) is 74.7 Å². The molecule has 220 valence electrons. The van der Waals surface area contributed by atoms with Gasteiger partial charge in [0.2, 0.25) is 11.8 Å². The summed E-state index contributed by atoms with van der Waals surface area (Å²) in [4.78, 5) is 28.9. The minimum atomic E-state index is -4.20. The highest BCUT2D eigenvalue weighted by Gasteiger charge is 2.34. The number of nitrogens with one attached hydrogen (secondary N) is 1. The fourth-order valence-electron chi connectivity index (χ4n) is 4.19. The van der Waals surface area contributed by atoms with Gasteiger partial charge in [-0.3, -0.25) is 13.9 Å². The number of amides is 2. The summed E-state index contributed by atoms with van der Waals surface area (Å²) in [5.41, 5.74) is 1.67. The summed E-state index contributed by atoms with van der Waals surface area (Å²) in [7, 11) is -4.20. The first kappa shape index (κ1) is 32.7. The highest BCUT2D eigenvalue weighted by Crippen LogP contribution is 2.28. The molecule has 0 saturated carbocycles. The lowest BCUT2D eigenvalue weighted by atomic mass is 10.1. The first-order chi connectivity index (χ1) is 19.4. The fourth-order valence-corrected chi connectivity index (χ4v) is 6.25. The topological polar surface area (TPSA) is 86.8 Å². The van der Waals surface area contributed by atoms with Crippen molar-refractivity contribution in [3.63, 3.8) is 0 Å². The average Bonchev–Trinajstić information content (AvgIpc) is 2.92. The lowest BCUT2D eigenvalue weighted by Gasteiger charge is -2.34. The van der Waals surface area contributed by atoms with Gasteiger partial charge in [0, 0.05) is 27.7 Å². The Kier molecular flexibility index (Phi) is 11.5. The van der Waals surface area contributed by atoms with E-state index in [4.69, 9.17) is 34.8 Å². The number of hydrogen-bond acceptors (Lipinski definition) is 4. The Balaban J connectivity index is 2.08. The maximum atomic E-state index is 14.1. The van der Waals surface area contributed by atoms with Gasteiger partial charge in [0.1, 0.15) is 12.6 Å². The Morgan fingerprint density at radius 3 is 2.15 bits per heavy atom. The Morgan fingerprint density at radius 2 is 1.56 bits per heavy atom. The lowest BCUT2D eigenvalue weighted by Crippen LogP contribution is -2.53. The minimum Gasteiger partial charge on any atom is -0.352 e.